The van der Waals surface area contributed by atoms with Gasteiger partial charge in [-0.05, 0) is 29.1 Å². The Morgan fingerprint density at radius 3 is 2.55 bits per heavy atom. The highest BCUT2D eigenvalue weighted by molar-refractivity contribution is 7.08. The molecule has 0 fully saturated rings. The van der Waals surface area contributed by atoms with Crippen molar-refractivity contribution in [3.8, 4) is 17.6 Å². The van der Waals surface area contributed by atoms with Crippen LogP contribution in [0, 0.1) is 11.3 Å². The average molecular weight is 287 g/mol. The SMILES string of the molecule is COc1ccc(C(C#N)C(=O)c2ccsc2)cc1OC. The highest BCUT2D eigenvalue weighted by Gasteiger charge is 2.23. The van der Waals surface area contributed by atoms with Crippen LogP contribution in [0.25, 0.3) is 0 Å². The van der Waals surface area contributed by atoms with Crippen molar-refractivity contribution in [1.82, 2.24) is 0 Å². The number of carbonyl (C=O) groups excluding carboxylic acids is 1. The Balaban J connectivity index is 2.38. The van der Waals surface area contributed by atoms with Gasteiger partial charge in [-0.1, -0.05) is 6.07 Å². The first kappa shape index (κ1) is 14.1. The molecule has 0 amide bonds. The van der Waals surface area contributed by atoms with Gasteiger partial charge in [-0.2, -0.15) is 16.6 Å². The topological polar surface area (TPSA) is 59.3 Å². The van der Waals surface area contributed by atoms with Gasteiger partial charge in [-0.3, -0.25) is 4.79 Å². The summed E-state index contributed by atoms with van der Waals surface area (Å²) in [6.07, 6.45) is 0. The minimum atomic E-state index is -0.843. The van der Waals surface area contributed by atoms with Crippen molar-refractivity contribution in [2.45, 2.75) is 5.92 Å². The predicted octanol–water partition coefficient (Wildman–Crippen LogP) is 3.26. The molecule has 1 aromatic heterocycles. The molecule has 0 saturated heterocycles. The second-order valence-corrected chi connectivity index (χ2v) is 4.83. The van der Waals surface area contributed by atoms with Crippen molar-refractivity contribution < 1.29 is 14.3 Å². The van der Waals surface area contributed by atoms with Crippen molar-refractivity contribution in [2.24, 2.45) is 0 Å². The maximum atomic E-state index is 12.3. The fourth-order valence-electron chi connectivity index (χ4n) is 1.89. The van der Waals surface area contributed by atoms with Gasteiger partial charge in [0.25, 0.3) is 0 Å². The van der Waals surface area contributed by atoms with Gasteiger partial charge in [0, 0.05) is 10.9 Å². The van der Waals surface area contributed by atoms with E-state index in [0.717, 1.165) is 0 Å². The van der Waals surface area contributed by atoms with E-state index in [1.54, 1.807) is 29.6 Å². The molecule has 0 bridgehead atoms. The maximum absolute atomic E-state index is 12.3. The molecule has 5 heteroatoms. The quantitative estimate of drug-likeness (QED) is 0.792. The average Bonchev–Trinajstić information content (AvgIpc) is 3.01. The summed E-state index contributed by atoms with van der Waals surface area (Å²) >= 11 is 1.43. The third-order valence-electron chi connectivity index (χ3n) is 2.94. The van der Waals surface area contributed by atoms with Crippen LogP contribution in [0.2, 0.25) is 0 Å². The summed E-state index contributed by atoms with van der Waals surface area (Å²) in [6, 6.07) is 8.84. The lowest BCUT2D eigenvalue weighted by atomic mass is 9.93. The number of nitrogens with zero attached hydrogens (tertiary/aromatic N) is 1. The number of methoxy groups -OCH3 is 2. The molecule has 1 atom stereocenters. The van der Waals surface area contributed by atoms with Gasteiger partial charge < -0.3 is 9.47 Å². The van der Waals surface area contributed by atoms with Crippen molar-refractivity contribution in [3.63, 3.8) is 0 Å². The summed E-state index contributed by atoms with van der Waals surface area (Å²) in [6.45, 7) is 0. The summed E-state index contributed by atoms with van der Waals surface area (Å²) in [5, 5.41) is 12.9. The van der Waals surface area contributed by atoms with Crippen molar-refractivity contribution in [3.05, 3.63) is 46.2 Å². The second kappa shape index (κ2) is 6.22. The molecule has 0 saturated carbocycles. The first-order valence-electron chi connectivity index (χ1n) is 5.89. The number of Topliss-reactive ketones (excluding diaryl/α,β-unsaturated/α-hetero) is 1. The number of hydrogen-bond acceptors (Lipinski definition) is 5. The lowest BCUT2D eigenvalue weighted by molar-refractivity contribution is 0.0979. The Morgan fingerprint density at radius 2 is 2.00 bits per heavy atom. The highest BCUT2D eigenvalue weighted by Crippen LogP contribution is 2.31. The first-order valence-corrected chi connectivity index (χ1v) is 6.83. The van der Waals surface area contributed by atoms with Crippen LogP contribution >= 0.6 is 11.3 Å². The van der Waals surface area contributed by atoms with E-state index in [1.807, 2.05) is 5.38 Å². The first-order chi connectivity index (χ1) is 9.71. The zero-order valence-electron chi connectivity index (χ0n) is 11.1. The molecule has 102 valence electrons. The standard InChI is InChI=1S/C15H13NO3S/c1-18-13-4-3-10(7-14(13)19-2)12(8-16)15(17)11-5-6-20-9-11/h3-7,9,12H,1-2H3. The van der Waals surface area contributed by atoms with Crippen molar-refractivity contribution in [2.75, 3.05) is 14.2 Å². The molecular weight excluding hydrogens is 274 g/mol. The molecule has 0 spiro atoms. The van der Waals surface area contributed by atoms with E-state index in [1.165, 1.54) is 25.6 Å². The number of thiophene rings is 1. The zero-order valence-corrected chi connectivity index (χ0v) is 11.9. The van der Waals surface area contributed by atoms with Crippen LogP contribution in [-0.2, 0) is 0 Å². The molecule has 4 nitrogen and oxygen atoms in total. The number of benzene rings is 1. The number of ether oxygens (including phenoxy) is 2. The van der Waals surface area contributed by atoms with Crippen LogP contribution in [0.1, 0.15) is 21.8 Å². The molecule has 0 aliphatic carbocycles. The van der Waals surface area contributed by atoms with Gasteiger partial charge in [-0.25, -0.2) is 0 Å². The number of carbonyl (C=O) groups is 1. The van der Waals surface area contributed by atoms with E-state index in [2.05, 4.69) is 6.07 Å². The van der Waals surface area contributed by atoms with Crippen LogP contribution in [-0.4, -0.2) is 20.0 Å². The monoisotopic (exact) mass is 287 g/mol. The minimum absolute atomic E-state index is 0.207. The van der Waals surface area contributed by atoms with Gasteiger partial charge in [0.05, 0.1) is 20.3 Å². The van der Waals surface area contributed by atoms with Gasteiger partial charge in [-0.15, -0.1) is 0 Å². The number of ketones is 1. The van der Waals surface area contributed by atoms with E-state index in [4.69, 9.17) is 9.47 Å². The number of rotatable bonds is 5. The normalized spacial score (nSPS) is 11.4. The largest absolute Gasteiger partial charge is 0.493 e. The predicted molar refractivity (Wildman–Crippen MR) is 76.5 cm³/mol. The number of nitriles is 1. The van der Waals surface area contributed by atoms with E-state index in [9.17, 15) is 10.1 Å². The van der Waals surface area contributed by atoms with Crippen LogP contribution in [0.4, 0.5) is 0 Å². The molecule has 2 rings (SSSR count). The highest BCUT2D eigenvalue weighted by atomic mass is 32.1. The molecule has 0 aliphatic heterocycles. The molecular formula is C15H13NO3S. The van der Waals surface area contributed by atoms with Crippen molar-refractivity contribution >= 4 is 17.1 Å². The van der Waals surface area contributed by atoms with Gasteiger partial charge >= 0.3 is 0 Å². The Labute approximate surface area is 121 Å². The van der Waals surface area contributed by atoms with Gasteiger partial charge in [0.2, 0.25) is 0 Å². The molecule has 0 N–H and O–H groups in total. The second-order valence-electron chi connectivity index (χ2n) is 4.05. The van der Waals surface area contributed by atoms with E-state index in [-0.39, 0.29) is 5.78 Å². The molecule has 0 radical (unpaired) electrons. The fourth-order valence-corrected chi connectivity index (χ4v) is 2.53. The Hall–Kier alpha value is -2.32. The molecule has 1 heterocycles. The summed E-state index contributed by atoms with van der Waals surface area (Å²) in [5.74, 6) is 0.0182. The van der Waals surface area contributed by atoms with E-state index in [0.29, 0.717) is 22.6 Å². The molecule has 20 heavy (non-hydrogen) atoms. The summed E-state index contributed by atoms with van der Waals surface area (Å²) in [7, 11) is 3.06. The lowest BCUT2D eigenvalue weighted by Gasteiger charge is -2.12. The lowest BCUT2D eigenvalue weighted by Crippen LogP contribution is -2.10. The van der Waals surface area contributed by atoms with Crippen LogP contribution in [0.3, 0.4) is 0 Å². The maximum Gasteiger partial charge on any atom is 0.185 e. The summed E-state index contributed by atoms with van der Waals surface area (Å²) in [4.78, 5) is 12.3. The fraction of sp³-hybridized carbons (Fsp3) is 0.200. The number of hydrogen-bond donors (Lipinski definition) is 0. The Bertz CT molecular complexity index is 644. The van der Waals surface area contributed by atoms with E-state index < -0.39 is 5.92 Å². The smallest absolute Gasteiger partial charge is 0.185 e. The molecule has 1 unspecified atom stereocenters. The van der Waals surface area contributed by atoms with Crippen LogP contribution in [0.15, 0.2) is 35.0 Å². The van der Waals surface area contributed by atoms with Gasteiger partial charge in [0.1, 0.15) is 5.92 Å². The molecule has 1 aromatic carbocycles. The molecule has 2 aromatic rings. The summed E-state index contributed by atoms with van der Waals surface area (Å²) in [5.41, 5.74) is 1.15. The summed E-state index contributed by atoms with van der Waals surface area (Å²) < 4.78 is 10.3. The zero-order chi connectivity index (χ0) is 14.5. The third-order valence-corrected chi connectivity index (χ3v) is 3.62. The Morgan fingerprint density at radius 1 is 1.25 bits per heavy atom. The van der Waals surface area contributed by atoms with Crippen molar-refractivity contribution in [1.29, 1.82) is 5.26 Å². The van der Waals surface area contributed by atoms with E-state index >= 15 is 0 Å². The molecule has 0 aliphatic rings. The Kier molecular flexibility index (Phi) is 4.38. The van der Waals surface area contributed by atoms with Gasteiger partial charge in [0.15, 0.2) is 17.3 Å². The minimum Gasteiger partial charge on any atom is -0.493 e. The third kappa shape index (κ3) is 2.65. The van der Waals surface area contributed by atoms with Crippen LogP contribution in [0.5, 0.6) is 11.5 Å². The van der Waals surface area contributed by atoms with Crippen LogP contribution < -0.4 is 9.47 Å².